The fraction of sp³-hybridized carbons (Fsp3) is 0.471. The Labute approximate surface area is 141 Å². The standard InChI is InChI=1S/C17H23N3O4/c1-23-15-4-5-16(24-2)17-13(15)10-19(11-14(17)22)8-12(21)9-20-7-3-6-18-20/h3-7,12,14,21-22H,8-11H2,1-2H3/t12-,14+/m0/s1. The number of aliphatic hydroxyl groups is 2. The van der Waals surface area contributed by atoms with Crippen molar-refractivity contribution in [1.29, 1.82) is 0 Å². The minimum Gasteiger partial charge on any atom is -0.496 e. The van der Waals surface area contributed by atoms with Gasteiger partial charge in [-0.2, -0.15) is 5.10 Å². The molecule has 0 bridgehead atoms. The van der Waals surface area contributed by atoms with Crippen molar-refractivity contribution in [2.45, 2.75) is 25.3 Å². The van der Waals surface area contributed by atoms with E-state index in [9.17, 15) is 10.2 Å². The molecule has 3 rings (SSSR count). The summed E-state index contributed by atoms with van der Waals surface area (Å²) in [6.07, 6.45) is 2.24. The monoisotopic (exact) mass is 333 g/mol. The average Bonchev–Trinajstić information content (AvgIpc) is 3.06. The van der Waals surface area contributed by atoms with Crippen molar-refractivity contribution in [3.05, 3.63) is 41.7 Å². The first-order valence-electron chi connectivity index (χ1n) is 7.92. The smallest absolute Gasteiger partial charge is 0.125 e. The lowest BCUT2D eigenvalue weighted by molar-refractivity contribution is 0.0440. The predicted molar refractivity (Wildman–Crippen MR) is 88.0 cm³/mol. The average molecular weight is 333 g/mol. The molecule has 0 fully saturated rings. The lowest BCUT2D eigenvalue weighted by atomic mass is 9.95. The summed E-state index contributed by atoms with van der Waals surface area (Å²) in [6, 6.07) is 5.47. The molecule has 1 aromatic carbocycles. The quantitative estimate of drug-likeness (QED) is 0.814. The first-order valence-corrected chi connectivity index (χ1v) is 7.92. The van der Waals surface area contributed by atoms with Crippen LogP contribution in [0.3, 0.4) is 0 Å². The van der Waals surface area contributed by atoms with Crippen LogP contribution < -0.4 is 9.47 Å². The van der Waals surface area contributed by atoms with Gasteiger partial charge in [-0.05, 0) is 18.2 Å². The predicted octanol–water partition coefficient (Wildman–Crippen LogP) is 0.810. The Morgan fingerprint density at radius 3 is 2.67 bits per heavy atom. The third-order valence-corrected chi connectivity index (χ3v) is 4.29. The number of hydrogen-bond donors (Lipinski definition) is 2. The Bertz CT molecular complexity index is 675. The molecule has 7 heteroatoms. The van der Waals surface area contributed by atoms with Gasteiger partial charge in [0.2, 0.25) is 0 Å². The minimum absolute atomic E-state index is 0.418. The van der Waals surface area contributed by atoms with E-state index >= 15 is 0 Å². The maximum absolute atomic E-state index is 10.6. The van der Waals surface area contributed by atoms with Crippen LogP contribution >= 0.6 is 0 Å². The van der Waals surface area contributed by atoms with Gasteiger partial charge in [-0.3, -0.25) is 9.58 Å². The summed E-state index contributed by atoms with van der Waals surface area (Å²) in [7, 11) is 3.20. The van der Waals surface area contributed by atoms with Crippen molar-refractivity contribution in [3.63, 3.8) is 0 Å². The summed E-state index contributed by atoms with van der Waals surface area (Å²) in [6.45, 7) is 1.88. The van der Waals surface area contributed by atoms with Crippen molar-refractivity contribution < 1.29 is 19.7 Å². The minimum atomic E-state index is -0.685. The molecule has 0 unspecified atom stereocenters. The second-order valence-electron chi connectivity index (χ2n) is 5.95. The molecule has 0 spiro atoms. The summed E-state index contributed by atoms with van der Waals surface area (Å²) in [5, 5.41) is 25.0. The van der Waals surface area contributed by atoms with Gasteiger partial charge in [-0.1, -0.05) is 0 Å². The lowest BCUT2D eigenvalue weighted by Crippen LogP contribution is -2.40. The first kappa shape index (κ1) is 16.8. The van der Waals surface area contributed by atoms with E-state index in [1.807, 2.05) is 29.3 Å². The van der Waals surface area contributed by atoms with Crippen LogP contribution in [0.1, 0.15) is 17.2 Å². The molecule has 7 nitrogen and oxygen atoms in total. The highest BCUT2D eigenvalue weighted by Crippen LogP contribution is 2.39. The highest BCUT2D eigenvalue weighted by atomic mass is 16.5. The van der Waals surface area contributed by atoms with Gasteiger partial charge < -0.3 is 19.7 Å². The maximum Gasteiger partial charge on any atom is 0.125 e. The van der Waals surface area contributed by atoms with Gasteiger partial charge in [-0.15, -0.1) is 0 Å². The van der Waals surface area contributed by atoms with Crippen LogP contribution in [0.25, 0.3) is 0 Å². The summed E-state index contributed by atoms with van der Waals surface area (Å²) < 4.78 is 12.5. The van der Waals surface area contributed by atoms with Crippen LogP contribution in [0, 0.1) is 0 Å². The Morgan fingerprint density at radius 2 is 2.00 bits per heavy atom. The van der Waals surface area contributed by atoms with Crippen LogP contribution in [0.15, 0.2) is 30.6 Å². The second kappa shape index (κ2) is 7.21. The number of nitrogens with zero attached hydrogens (tertiary/aromatic N) is 3. The van der Waals surface area contributed by atoms with Crippen molar-refractivity contribution >= 4 is 0 Å². The summed E-state index contributed by atoms with van der Waals surface area (Å²) in [4.78, 5) is 2.02. The van der Waals surface area contributed by atoms with E-state index in [-0.39, 0.29) is 0 Å². The van der Waals surface area contributed by atoms with Gasteiger partial charge in [0.1, 0.15) is 11.5 Å². The van der Waals surface area contributed by atoms with Crippen LogP contribution in [-0.2, 0) is 13.1 Å². The molecule has 0 amide bonds. The van der Waals surface area contributed by atoms with Crippen molar-refractivity contribution in [1.82, 2.24) is 14.7 Å². The molecule has 0 aliphatic carbocycles. The third kappa shape index (κ3) is 3.38. The molecule has 0 saturated carbocycles. The number of aromatic nitrogens is 2. The molecule has 0 saturated heterocycles. The number of aliphatic hydroxyl groups excluding tert-OH is 2. The van der Waals surface area contributed by atoms with Gasteiger partial charge in [0.25, 0.3) is 0 Å². The Hall–Kier alpha value is -2.09. The number of benzene rings is 1. The zero-order valence-electron chi connectivity index (χ0n) is 13.9. The van der Waals surface area contributed by atoms with Gasteiger partial charge in [0, 0.05) is 43.2 Å². The normalized spacial score (nSPS) is 18.9. The number of β-amino-alcohol motifs (C(OH)–C–C–N with tert-alkyl or cyclic N) is 2. The Kier molecular flexibility index (Phi) is 5.03. The van der Waals surface area contributed by atoms with Crippen molar-refractivity contribution in [2.24, 2.45) is 0 Å². The maximum atomic E-state index is 10.6. The summed E-state index contributed by atoms with van der Waals surface area (Å²) >= 11 is 0. The third-order valence-electron chi connectivity index (χ3n) is 4.29. The molecule has 130 valence electrons. The zero-order chi connectivity index (χ0) is 17.1. The van der Waals surface area contributed by atoms with Crippen LogP contribution in [0.4, 0.5) is 0 Å². The van der Waals surface area contributed by atoms with E-state index in [1.165, 1.54) is 0 Å². The SMILES string of the molecule is COc1ccc(OC)c2c1CN(C[C@H](O)Cn1cccn1)C[C@H]2O. The van der Waals surface area contributed by atoms with E-state index in [4.69, 9.17) is 9.47 Å². The molecule has 0 radical (unpaired) electrons. The number of methoxy groups -OCH3 is 2. The second-order valence-corrected chi connectivity index (χ2v) is 5.95. The molecule has 2 heterocycles. The first-order chi connectivity index (χ1) is 11.6. The molecular formula is C17H23N3O4. The van der Waals surface area contributed by atoms with Crippen molar-refractivity contribution in [2.75, 3.05) is 27.3 Å². The van der Waals surface area contributed by atoms with E-state index in [0.29, 0.717) is 31.9 Å². The zero-order valence-corrected chi connectivity index (χ0v) is 13.9. The summed E-state index contributed by atoms with van der Waals surface area (Å²) in [5.41, 5.74) is 1.68. The lowest BCUT2D eigenvalue weighted by Gasteiger charge is -2.34. The molecule has 1 aliphatic rings. The number of fused-ring (bicyclic) bond motifs is 1. The number of rotatable bonds is 6. The fourth-order valence-corrected chi connectivity index (χ4v) is 3.26. The van der Waals surface area contributed by atoms with Gasteiger partial charge in [0.15, 0.2) is 0 Å². The molecule has 2 aromatic rings. The van der Waals surface area contributed by atoms with E-state index in [2.05, 4.69) is 5.10 Å². The van der Waals surface area contributed by atoms with Gasteiger partial charge in [0.05, 0.1) is 33.0 Å². The fourth-order valence-electron chi connectivity index (χ4n) is 3.26. The largest absolute Gasteiger partial charge is 0.496 e. The molecule has 2 atom stereocenters. The van der Waals surface area contributed by atoms with Crippen LogP contribution in [0.5, 0.6) is 11.5 Å². The van der Waals surface area contributed by atoms with Crippen molar-refractivity contribution in [3.8, 4) is 11.5 Å². The Balaban J connectivity index is 1.76. The van der Waals surface area contributed by atoms with Gasteiger partial charge >= 0.3 is 0 Å². The van der Waals surface area contributed by atoms with Gasteiger partial charge in [-0.25, -0.2) is 0 Å². The highest BCUT2D eigenvalue weighted by molar-refractivity contribution is 5.51. The summed E-state index contributed by atoms with van der Waals surface area (Å²) in [5.74, 6) is 1.38. The molecular weight excluding hydrogens is 310 g/mol. The molecule has 1 aliphatic heterocycles. The topological polar surface area (TPSA) is 80.0 Å². The van der Waals surface area contributed by atoms with E-state index in [0.717, 1.165) is 16.9 Å². The highest BCUT2D eigenvalue weighted by Gasteiger charge is 2.30. The molecule has 24 heavy (non-hydrogen) atoms. The van der Waals surface area contributed by atoms with Crippen LogP contribution in [0.2, 0.25) is 0 Å². The number of hydrogen-bond acceptors (Lipinski definition) is 6. The number of ether oxygens (including phenoxy) is 2. The molecule has 2 N–H and O–H groups in total. The molecule has 1 aromatic heterocycles. The Morgan fingerprint density at radius 1 is 1.25 bits per heavy atom. The van der Waals surface area contributed by atoms with Crippen LogP contribution in [-0.4, -0.2) is 58.3 Å². The van der Waals surface area contributed by atoms with E-state index < -0.39 is 12.2 Å². The van der Waals surface area contributed by atoms with E-state index in [1.54, 1.807) is 25.1 Å².